The van der Waals surface area contributed by atoms with Crippen molar-refractivity contribution in [1.29, 1.82) is 0 Å². The number of hydrogen-bond acceptors (Lipinski definition) is 4. The summed E-state index contributed by atoms with van der Waals surface area (Å²) < 4.78 is 0.854. The Balaban J connectivity index is 2.20. The van der Waals surface area contributed by atoms with Gasteiger partial charge in [0.05, 0.1) is 26.3 Å². The number of benzene rings is 1. The van der Waals surface area contributed by atoms with Crippen LogP contribution in [0.3, 0.4) is 0 Å². The first-order valence-electron chi connectivity index (χ1n) is 5.15. The van der Waals surface area contributed by atoms with Gasteiger partial charge in [0.2, 0.25) is 0 Å². The van der Waals surface area contributed by atoms with E-state index in [1.54, 1.807) is 11.4 Å². The topological polar surface area (TPSA) is 92.4 Å². The van der Waals surface area contributed by atoms with Gasteiger partial charge in [0, 0.05) is 5.38 Å². The molecule has 0 aliphatic rings. The summed E-state index contributed by atoms with van der Waals surface area (Å²) in [4.78, 5) is 22.7. The monoisotopic (exact) mass is 340 g/mol. The SMILES string of the molecule is Nc1cc(C(=O)O)ccc1NC(=O)c1csc(Br)c1. The lowest BCUT2D eigenvalue weighted by Gasteiger charge is -2.07. The minimum atomic E-state index is -1.06. The summed E-state index contributed by atoms with van der Waals surface area (Å²) in [5.74, 6) is -1.36. The van der Waals surface area contributed by atoms with E-state index in [9.17, 15) is 9.59 Å². The molecule has 0 unspecified atom stereocenters. The molecule has 0 aliphatic heterocycles. The molecule has 19 heavy (non-hydrogen) atoms. The molecule has 0 aliphatic carbocycles. The van der Waals surface area contributed by atoms with Gasteiger partial charge in [-0.15, -0.1) is 11.3 Å². The van der Waals surface area contributed by atoms with E-state index in [1.807, 2.05) is 0 Å². The molecule has 1 aromatic heterocycles. The number of carbonyl (C=O) groups excluding carboxylic acids is 1. The number of hydrogen-bond donors (Lipinski definition) is 3. The highest BCUT2D eigenvalue weighted by Crippen LogP contribution is 2.24. The summed E-state index contributed by atoms with van der Waals surface area (Å²) in [6, 6.07) is 5.86. The van der Waals surface area contributed by atoms with Crippen LogP contribution in [0.1, 0.15) is 20.7 Å². The van der Waals surface area contributed by atoms with Crippen LogP contribution in [-0.2, 0) is 0 Å². The third-order valence-corrected chi connectivity index (χ3v) is 3.88. The van der Waals surface area contributed by atoms with Crippen LogP contribution in [0.4, 0.5) is 11.4 Å². The summed E-state index contributed by atoms with van der Waals surface area (Å²) in [5, 5.41) is 13.2. The first-order valence-corrected chi connectivity index (χ1v) is 6.83. The predicted octanol–water partition coefficient (Wildman–Crippen LogP) is 3.04. The van der Waals surface area contributed by atoms with Crippen LogP contribution in [0.25, 0.3) is 0 Å². The van der Waals surface area contributed by atoms with Crippen molar-refractivity contribution in [1.82, 2.24) is 0 Å². The first kappa shape index (κ1) is 13.6. The van der Waals surface area contributed by atoms with Gasteiger partial charge < -0.3 is 16.2 Å². The summed E-state index contributed by atoms with van der Waals surface area (Å²) in [7, 11) is 0. The van der Waals surface area contributed by atoms with Crippen molar-refractivity contribution in [3.63, 3.8) is 0 Å². The minimum absolute atomic E-state index is 0.0776. The Hall–Kier alpha value is -1.86. The molecule has 5 nitrogen and oxygen atoms in total. The second-order valence-corrected chi connectivity index (χ2v) is 5.99. The normalized spacial score (nSPS) is 10.2. The molecule has 1 amide bonds. The molecule has 0 atom stereocenters. The number of nitrogens with two attached hydrogens (primary N) is 1. The lowest BCUT2D eigenvalue weighted by molar-refractivity contribution is 0.0697. The second kappa shape index (κ2) is 5.41. The number of aromatic carboxylic acids is 1. The van der Waals surface area contributed by atoms with Crippen LogP contribution in [0, 0.1) is 0 Å². The minimum Gasteiger partial charge on any atom is -0.478 e. The molecule has 2 aromatic rings. The summed E-state index contributed by atoms with van der Waals surface area (Å²) in [6.45, 7) is 0. The van der Waals surface area contributed by atoms with Crippen LogP contribution < -0.4 is 11.1 Å². The van der Waals surface area contributed by atoms with Crippen LogP contribution in [0.2, 0.25) is 0 Å². The van der Waals surface area contributed by atoms with Gasteiger partial charge in [-0.25, -0.2) is 4.79 Å². The number of amides is 1. The molecule has 4 N–H and O–H groups in total. The van der Waals surface area contributed by atoms with Gasteiger partial charge in [-0.1, -0.05) is 0 Å². The lowest BCUT2D eigenvalue weighted by Crippen LogP contribution is -2.12. The number of nitrogen functional groups attached to an aromatic ring is 1. The van der Waals surface area contributed by atoms with Crippen LogP contribution >= 0.6 is 27.3 Å². The molecule has 0 bridgehead atoms. The van der Waals surface area contributed by atoms with Crippen molar-refractivity contribution in [2.45, 2.75) is 0 Å². The molecule has 0 radical (unpaired) electrons. The Bertz CT molecular complexity index is 654. The van der Waals surface area contributed by atoms with Crippen molar-refractivity contribution in [2.24, 2.45) is 0 Å². The van der Waals surface area contributed by atoms with Crippen LogP contribution in [0.5, 0.6) is 0 Å². The molecule has 7 heteroatoms. The van der Waals surface area contributed by atoms with Crippen LogP contribution in [0.15, 0.2) is 33.4 Å². The maximum Gasteiger partial charge on any atom is 0.335 e. The zero-order chi connectivity index (χ0) is 14.0. The molecule has 2 rings (SSSR count). The molecule has 1 heterocycles. The molecule has 0 saturated heterocycles. The molecule has 98 valence electrons. The van der Waals surface area contributed by atoms with Crippen LogP contribution in [-0.4, -0.2) is 17.0 Å². The Labute approximate surface area is 121 Å². The predicted molar refractivity (Wildman–Crippen MR) is 77.8 cm³/mol. The number of carboxylic acid groups (broad SMARTS) is 1. The number of carboxylic acids is 1. The van der Waals surface area contributed by atoms with E-state index in [2.05, 4.69) is 21.2 Å². The average Bonchev–Trinajstić information content (AvgIpc) is 2.78. The van der Waals surface area contributed by atoms with Gasteiger partial charge in [0.15, 0.2) is 0 Å². The van der Waals surface area contributed by atoms with E-state index in [1.165, 1.54) is 29.5 Å². The molecule has 1 aromatic carbocycles. The molecule has 0 saturated carbocycles. The fourth-order valence-corrected chi connectivity index (χ4v) is 2.57. The van der Waals surface area contributed by atoms with Crippen molar-refractivity contribution in [3.8, 4) is 0 Å². The standard InChI is InChI=1S/C12H9BrN2O3S/c13-10-4-7(5-19-10)11(16)15-9-2-1-6(12(17)18)3-8(9)14/h1-5H,14H2,(H,15,16)(H,17,18). The van der Waals surface area contributed by atoms with E-state index in [0.717, 1.165) is 3.79 Å². The summed E-state index contributed by atoms with van der Waals surface area (Å²) in [5.41, 5.74) is 6.89. The number of anilines is 2. The zero-order valence-corrected chi connectivity index (χ0v) is 11.9. The summed E-state index contributed by atoms with van der Waals surface area (Å²) >= 11 is 4.68. The molecular weight excluding hydrogens is 332 g/mol. The van der Waals surface area contributed by atoms with E-state index in [-0.39, 0.29) is 17.2 Å². The molecular formula is C12H9BrN2O3S. The van der Waals surface area contributed by atoms with Gasteiger partial charge in [-0.3, -0.25) is 4.79 Å². The Morgan fingerprint density at radius 1 is 1.26 bits per heavy atom. The lowest BCUT2D eigenvalue weighted by atomic mass is 10.1. The zero-order valence-electron chi connectivity index (χ0n) is 9.51. The Morgan fingerprint density at radius 2 is 2.00 bits per heavy atom. The van der Waals surface area contributed by atoms with E-state index in [4.69, 9.17) is 10.8 Å². The van der Waals surface area contributed by atoms with E-state index < -0.39 is 5.97 Å². The third-order valence-electron chi connectivity index (χ3n) is 2.38. The number of halogens is 1. The molecule has 0 fully saturated rings. The largest absolute Gasteiger partial charge is 0.478 e. The molecule has 0 spiro atoms. The quantitative estimate of drug-likeness (QED) is 0.748. The summed E-state index contributed by atoms with van der Waals surface area (Å²) in [6.07, 6.45) is 0. The first-order chi connectivity index (χ1) is 8.97. The van der Waals surface area contributed by atoms with E-state index in [0.29, 0.717) is 11.3 Å². The fourth-order valence-electron chi connectivity index (χ4n) is 1.43. The van der Waals surface area contributed by atoms with Gasteiger partial charge in [-0.05, 0) is 40.2 Å². The van der Waals surface area contributed by atoms with Gasteiger partial charge >= 0.3 is 5.97 Å². The highest BCUT2D eigenvalue weighted by Gasteiger charge is 2.11. The van der Waals surface area contributed by atoms with E-state index >= 15 is 0 Å². The number of thiophene rings is 1. The number of nitrogens with one attached hydrogen (secondary N) is 1. The Kier molecular flexibility index (Phi) is 3.87. The van der Waals surface area contributed by atoms with Crippen molar-refractivity contribution in [3.05, 3.63) is 44.6 Å². The smallest absolute Gasteiger partial charge is 0.335 e. The highest BCUT2D eigenvalue weighted by atomic mass is 79.9. The van der Waals surface area contributed by atoms with Gasteiger partial charge in [0.1, 0.15) is 0 Å². The number of rotatable bonds is 3. The third kappa shape index (κ3) is 3.12. The Morgan fingerprint density at radius 3 is 2.53 bits per heavy atom. The van der Waals surface area contributed by atoms with Gasteiger partial charge in [-0.2, -0.15) is 0 Å². The van der Waals surface area contributed by atoms with Crippen molar-refractivity contribution < 1.29 is 14.7 Å². The van der Waals surface area contributed by atoms with Gasteiger partial charge in [0.25, 0.3) is 5.91 Å². The fraction of sp³-hybridized carbons (Fsp3) is 0. The second-order valence-electron chi connectivity index (χ2n) is 3.70. The maximum absolute atomic E-state index is 11.9. The number of carbonyl (C=O) groups is 2. The van der Waals surface area contributed by atoms with Crippen molar-refractivity contribution in [2.75, 3.05) is 11.1 Å². The average molecular weight is 341 g/mol. The maximum atomic E-state index is 11.9. The highest BCUT2D eigenvalue weighted by molar-refractivity contribution is 9.11. The van der Waals surface area contributed by atoms with Crippen molar-refractivity contribution >= 4 is 50.5 Å².